The quantitative estimate of drug-likeness (QED) is 0.499. The van der Waals surface area contributed by atoms with Gasteiger partial charge in [-0.2, -0.15) is 0 Å². The molecular weight excluding hydrogens is 404 g/mol. The maximum absolute atomic E-state index is 6.60. The van der Waals surface area contributed by atoms with Gasteiger partial charge in [-0.25, -0.2) is 15.0 Å². The van der Waals surface area contributed by atoms with Gasteiger partial charge in [-0.3, -0.25) is 14.5 Å². The van der Waals surface area contributed by atoms with E-state index in [1.807, 2.05) is 22.9 Å². The number of halogens is 1. The Hall–Kier alpha value is -3.23. The Morgan fingerprint density at radius 2 is 1.97 bits per heavy atom. The van der Waals surface area contributed by atoms with Crippen LogP contribution >= 0.6 is 11.6 Å². The van der Waals surface area contributed by atoms with Gasteiger partial charge in [0.2, 0.25) is 0 Å². The van der Waals surface area contributed by atoms with Crippen LogP contribution in [-0.2, 0) is 13.1 Å². The second-order valence-electron chi connectivity index (χ2n) is 7.00. The zero-order chi connectivity index (χ0) is 20.5. The summed E-state index contributed by atoms with van der Waals surface area (Å²) < 4.78 is 13.0. The van der Waals surface area contributed by atoms with Crippen LogP contribution in [0, 0.1) is 0 Å². The highest BCUT2D eigenvalue weighted by atomic mass is 35.5. The number of aromatic nitrogens is 5. The summed E-state index contributed by atoms with van der Waals surface area (Å²) in [6.07, 6.45) is 8.89. The zero-order valence-corrected chi connectivity index (χ0v) is 17.1. The van der Waals surface area contributed by atoms with Gasteiger partial charge in [0, 0.05) is 67.4 Å². The minimum absolute atomic E-state index is 0.363. The van der Waals surface area contributed by atoms with Crippen LogP contribution in [-0.4, -0.2) is 49.7 Å². The van der Waals surface area contributed by atoms with E-state index in [1.54, 1.807) is 31.9 Å². The standard InChI is InChI=1S/C21H19ClN6O2/c1-29-21-25-10-14(11-26-21)12-27-6-7-30-19-15(13-27)8-16(9-17(19)22)28-5-2-18-20(28)24-4-3-23-18/h2-5,8-11H,6-7,12-13H2,1H3. The Labute approximate surface area is 178 Å². The first-order valence-electron chi connectivity index (χ1n) is 9.52. The van der Waals surface area contributed by atoms with Gasteiger partial charge in [-0.1, -0.05) is 11.6 Å². The van der Waals surface area contributed by atoms with Gasteiger partial charge in [0.1, 0.15) is 17.9 Å². The second-order valence-corrected chi connectivity index (χ2v) is 7.41. The lowest BCUT2D eigenvalue weighted by Crippen LogP contribution is -2.25. The van der Waals surface area contributed by atoms with E-state index in [0.29, 0.717) is 30.7 Å². The number of hydrogen-bond acceptors (Lipinski definition) is 7. The van der Waals surface area contributed by atoms with Gasteiger partial charge in [-0.05, 0) is 18.2 Å². The molecular formula is C21H19ClN6O2. The lowest BCUT2D eigenvalue weighted by atomic mass is 10.1. The van der Waals surface area contributed by atoms with Crippen LogP contribution in [0.15, 0.2) is 49.2 Å². The molecule has 0 N–H and O–H groups in total. The van der Waals surface area contributed by atoms with Crippen molar-refractivity contribution in [3.05, 3.63) is 65.3 Å². The summed E-state index contributed by atoms with van der Waals surface area (Å²) >= 11 is 6.60. The molecule has 0 spiro atoms. The fraction of sp³-hybridized carbons (Fsp3) is 0.238. The summed E-state index contributed by atoms with van der Waals surface area (Å²) in [5.41, 5.74) is 4.58. The predicted octanol–water partition coefficient (Wildman–Crippen LogP) is 3.27. The monoisotopic (exact) mass is 422 g/mol. The smallest absolute Gasteiger partial charge is 0.316 e. The molecule has 5 rings (SSSR count). The molecule has 4 heterocycles. The van der Waals surface area contributed by atoms with Crippen molar-refractivity contribution in [2.45, 2.75) is 13.1 Å². The molecule has 3 aromatic heterocycles. The van der Waals surface area contributed by atoms with Gasteiger partial charge < -0.3 is 9.47 Å². The molecule has 0 aliphatic carbocycles. The van der Waals surface area contributed by atoms with Crippen molar-refractivity contribution in [3.63, 3.8) is 0 Å². The minimum atomic E-state index is 0.363. The van der Waals surface area contributed by atoms with E-state index in [9.17, 15) is 0 Å². The highest BCUT2D eigenvalue weighted by molar-refractivity contribution is 6.32. The third kappa shape index (κ3) is 3.55. The Kier molecular flexibility index (Phi) is 4.94. The molecule has 0 unspecified atom stereocenters. The van der Waals surface area contributed by atoms with Gasteiger partial charge in [-0.15, -0.1) is 0 Å². The summed E-state index contributed by atoms with van der Waals surface area (Å²) in [5.74, 6) is 0.733. The summed E-state index contributed by atoms with van der Waals surface area (Å²) in [6, 6.07) is 6.30. The van der Waals surface area contributed by atoms with Crippen molar-refractivity contribution < 1.29 is 9.47 Å². The van der Waals surface area contributed by atoms with Crippen molar-refractivity contribution in [1.82, 2.24) is 29.4 Å². The summed E-state index contributed by atoms with van der Waals surface area (Å²) in [6.45, 7) is 2.72. The van der Waals surface area contributed by atoms with E-state index in [1.165, 1.54) is 0 Å². The van der Waals surface area contributed by atoms with E-state index in [-0.39, 0.29) is 0 Å². The highest BCUT2D eigenvalue weighted by Crippen LogP contribution is 2.35. The predicted molar refractivity (Wildman–Crippen MR) is 112 cm³/mol. The average molecular weight is 423 g/mol. The van der Waals surface area contributed by atoms with Gasteiger partial charge in [0.15, 0.2) is 5.65 Å². The zero-order valence-electron chi connectivity index (χ0n) is 16.3. The van der Waals surface area contributed by atoms with E-state index < -0.39 is 0 Å². The Morgan fingerprint density at radius 3 is 2.80 bits per heavy atom. The Morgan fingerprint density at radius 1 is 1.13 bits per heavy atom. The molecule has 0 radical (unpaired) electrons. The van der Waals surface area contributed by atoms with Crippen molar-refractivity contribution >= 4 is 22.8 Å². The van der Waals surface area contributed by atoms with E-state index >= 15 is 0 Å². The number of ether oxygens (including phenoxy) is 2. The van der Waals surface area contributed by atoms with Crippen LogP contribution in [0.4, 0.5) is 0 Å². The van der Waals surface area contributed by atoms with Crippen LogP contribution in [0.1, 0.15) is 11.1 Å². The minimum Gasteiger partial charge on any atom is -0.490 e. The Bertz CT molecular complexity index is 1190. The van der Waals surface area contributed by atoms with Crippen molar-refractivity contribution in [3.8, 4) is 17.4 Å². The van der Waals surface area contributed by atoms with Crippen LogP contribution in [0.5, 0.6) is 11.8 Å². The third-order valence-corrected chi connectivity index (χ3v) is 5.30. The fourth-order valence-electron chi connectivity index (χ4n) is 3.64. The summed E-state index contributed by atoms with van der Waals surface area (Å²) in [5, 5.41) is 0.586. The molecule has 0 amide bonds. The maximum atomic E-state index is 6.60. The average Bonchev–Trinajstić information content (AvgIpc) is 3.09. The molecule has 0 bridgehead atoms. The fourth-order valence-corrected chi connectivity index (χ4v) is 3.93. The summed E-state index contributed by atoms with van der Waals surface area (Å²) in [4.78, 5) is 19.5. The van der Waals surface area contributed by atoms with E-state index in [0.717, 1.165) is 40.3 Å². The second kappa shape index (κ2) is 7.89. The number of hydrogen-bond donors (Lipinski definition) is 0. The molecule has 1 aliphatic rings. The largest absolute Gasteiger partial charge is 0.490 e. The number of fused-ring (bicyclic) bond motifs is 2. The molecule has 8 nitrogen and oxygen atoms in total. The van der Waals surface area contributed by atoms with Crippen LogP contribution in [0.2, 0.25) is 5.02 Å². The molecule has 0 saturated carbocycles. The molecule has 30 heavy (non-hydrogen) atoms. The normalized spacial score (nSPS) is 14.2. The van der Waals surface area contributed by atoms with Gasteiger partial charge >= 0.3 is 6.01 Å². The number of rotatable bonds is 4. The third-order valence-electron chi connectivity index (χ3n) is 5.02. The van der Waals surface area contributed by atoms with Crippen molar-refractivity contribution in [1.29, 1.82) is 0 Å². The lowest BCUT2D eigenvalue weighted by molar-refractivity contribution is 0.219. The first kappa shape index (κ1) is 18.8. The molecule has 1 aliphatic heterocycles. The van der Waals surface area contributed by atoms with E-state index in [4.69, 9.17) is 21.1 Å². The first-order valence-corrected chi connectivity index (χ1v) is 9.90. The lowest BCUT2D eigenvalue weighted by Gasteiger charge is -2.19. The SMILES string of the molecule is COc1ncc(CN2CCOc3c(Cl)cc(-n4ccc5nccnc54)cc3C2)cn1. The first-order chi connectivity index (χ1) is 14.7. The topological polar surface area (TPSA) is 78.2 Å². The molecule has 0 saturated heterocycles. The summed E-state index contributed by atoms with van der Waals surface area (Å²) in [7, 11) is 1.55. The van der Waals surface area contributed by atoms with Crippen molar-refractivity contribution in [2.75, 3.05) is 20.3 Å². The van der Waals surface area contributed by atoms with Gasteiger partial charge in [0.25, 0.3) is 0 Å². The number of nitrogens with zero attached hydrogens (tertiary/aromatic N) is 6. The van der Waals surface area contributed by atoms with Gasteiger partial charge in [0.05, 0.1) is 12.1 Å². The van der Waals surface area contributed by atoms with Crippen molar-refractivity contribution in [2.24, 2.45) is 0 Å². The molecule has 4 aromatic rings. The maximum Gasteiger partial charge on any atom is 0.316 e. The van der Waals surface area contributed by atoms with Crippen LogP contribution < -0.4 is 9.47 Å². The Balaban J connectivity index is 1.46. The van der Waals surface area contributed by atoms with Crippen LogP contribution in [0.25, 0.3) is 16.9 Å². The highest BCUT2D eigenvalue weighted by Gasteiger charge is 2.20. The molecule has 1 aromatic carbocycles. The molecule has 0 fully saturated rings. The molecule has 0 atom stereocenters. The van der Waals surface area contributed by atoms with Crippen LogP contribution in [0.3, 0.4) is 0 Å². The molecule has 152 valence electrons. The van der Waals surface area contributed by atoms with E-state index in [2.05, 4.69) is 30.9 Å². The molecule has 9 heteroatoms. The number of methoxy groups -OCH3 is 1. The number of benzene rings is 1.